The third-order valence-corrected chi connectivity index (χ3v) is 4.87. The van der Waals surface area contributed by atoms with Gasteiger partial charge in [0, 0.05) is 32.1 Å². The van der Waals surface area contributed by atoms with Crippen LogP contribution in [0.25, 0.3) is 0 Å². The Labute approximate surface area is 127 Å². The van der Waals surface area contributed by atoms with Gasteiger partial charge in [-0.25, -0.2) is 0 Å². The first-order valence-corrected chi connectivity index (χ1v) is 8.35. The van der Waals surface area contributed by atoms with Crippen LogP contribution in [0.5, 0.6) is 0 Å². The summed E-state index contributed by atoms with van der Waals surface area (Å²) in [5.41, 5.74) is 5.74. The van der Waals surface area contributed by atoms with E-state index in [2.05, 4.69) is 6.92 Å². The van der Waals surface area contributed by atoms with Crippen molar-refractivity contribution < 1.29 is 9.59 Å². The van der Waals surface area contributed by atoms with E-state index in [0.29, 0.717) is 25.4 Å². The van der Waals surface area contributed by atoms with Crippen LogP contribution in [0.2, 0.25) is 0 Å². The topological polar surface area (TPSA) is 66.6 Å². The minimum Gasteiger partial charge on any atom is -0.342 e. The zero-order chi connectivity index (χ0) is 15.4. The number of nitrogens with zero attached hydrogens (tertiary/aromatic N) is 2. The summed E-state index contributed by atoms with van der Waals surface area (Å²) in [7, 11) is 0. The lowest BCUT2D eigenvalue weighted by molar-refractivity contribution is -0.141. The highest BCUT2D eigenvalue weighted by Gasteiger charge is 2.37. The van der Waals surface area contributed by atoms with Crippen LogP contribution < -0.4 is 5.73 Å². The first-order valence-electron chi connectivity index (χ1n) is 8.35. The Morgan fingerprint density at radius 2 is 2.05 bits per heavy atom. The average Bonchev–Trinajstić information content (AvgIpc) is 2.88. The molecule has 3 atom stereocenters. The van der Waals surface area contributed by atoms with Crippen molar-refractivity contribution >= 4 is 11.8 Å². The fourth-order valence-electron chi connectivity index (χ4n) is 3.63. The maximum atomic E-state index is 12.7. The summed E-state index contributed by atoms with van der Waals surface area (Å²) in [5.74, 6) is 0.848. The van der Waals surface area contributed by atoms with Crippen LogP contribution in [-0.4, -0.2) is 53.8 Å². The van der Waals surface area contributed by atoms with Gasteiger partial charge in [-0.3, -0.25) is 9.59 Å². The van der Waals surface area contributed by atoms with Crippen LogP contribution in [-0.2, 0) is 9.59 Å². The molecule has 21 heavy (non-hydrogen) atoms. The van der Waals surface area contributed by atoms with Gasteiger partial charge in [0.1, 0.15) is 0 Å². The van der Waals surface area contributed by atoms with E-state index in [4.69, 9.17) is 5.73 Å². The summed E-state index contributed by atoms with van der Waals surface area (Å²) < 4.78 is 0. The van der Waals surface area contributed by atoms with Crippen molar-refractivity contribution in [3.8, 4) is 0 Å². The smallest absolute Gasteiger partial charge is 0.227 e. The molecule has 2 saturated heterocycles. The molecule has 3 unspecified atom stereocenters. The van der Waals surface area contributed by atoms with Gasteiger partial charge in [-0.2, -0.15) is 0 Å². The number of rotatable bonds is 4. The molecule has 0 radical (unpaired) electrons. The van der Waals surface area contributed by atoms with Crippen LogP contribution in [0.4, 0.5) is 0 Å². The van der Waals surface area contributed by atoms with Gasteiger partial charge >= 0.3 is 0 Å². The highest BCUT2D eigenvalue weighted by atomic mass is 16.2. The minimum atomic E-state index is -0.0152. The zero-order valence-corrected chi connectivity index (χ0v) is 13.4. The molecule has 0 aliphatic carbocycles. The summed E-state index contributed by atoms with van der Waals surface area (Å²) in [6.07, 6.45) is 4.32. The molecule has 2 rings (SSSR count). The molecule has 2 N–H and O–H groups in total. The summed E-state index contributed by atoms with van der Waals surface area (Å²) in [5, 5.41) is 0. The minimum absolute atomic E-state index is 0.0152. The van der Waals surface area contributed by atoms with E-state index in [-0.39, 0.29) is 23.8 Å². The van der Waals surface area contributed by atoms with E-state index in [0.717, 1.165) is 38.8 Å². The molecule has 120 valence electrons. The molecule has 0 aromatic rings. The van der Waals surface area contributed by atoms with Crippen molar-refractivity contribution in [2.24, 2.45) is 17.6 Å². The number of hydrogen-bond acceptors (Lipinski definition) is 3. The van der Waals surface area contributed by atoms with E-state index >= 15 is 0 Å². The van der Waals surface area contributed by atoms with Crippen molar-refractivity contribution in [1.29, 1.82) is 0 Å². The number of nitrogens with two attached hydrogens (primary N) is 1. The Morgan fingerprint density at radius 1 is 1.29 bits per heavy atom. The summed E-state index contributed by atoms with van der Waals surface area (Å²) >= 11 is 0. The summed E-state index contributed by atoms with van der Waals surface area (Å²) in [4.78, 5) is 28.7. The lowest BCUT2D eigenvalue weighted by Crippen LogP contribution is -2.47. The first-order chi connectivity index (χ1) is 10.1. The fraction of sp³-hybridized carbons (Fsp3) is 0.875. The maximum Gasteiger partial charge on any atom is 0.227 e. The second-order valence-corrected chi connectivity index (χ2v) is 6.61. The molecule has 0 bridgehead atoms. The average molecular weight is 295 g/mol. The molecule has 0 aromatic heterocycles. The highest BCUT2D eigenvalue weighted by molar-refractivity contribution is 5.82. The summed E-state index contributed by atoms with van der Waals surface area (Å²) in [6, 6.07) is 0.285. The van der Waals surface area contributed by atoms with Gasteiger partial charge in [-0.1, -0.05) is 6.92 Å². The molecular formula is C16H29N3O2. The van der Waals surface area contributed by atoms with Crippen LogP contribution in [0.15, 0.2) is 0 Å². The molecule has 2 fully saturated rings. The predicted octanol–water partition coefficient (Wildman–Crippen LogP) is 1.22. The van der Waals surface area contributed by atoms with Crippen molar-refractivity contribution in [3.63, 3.8) is 0 Å². The van der Waals surface area contributed by atoms with Crippen LogP contribution >= 0.6 is 0 Å². The molecule has 2 aliphatic heterocycles. The maximum absolute atomic E-state index is 12.7. The van der Waals surface area contributed by atoms with Crippen molar-refractivity contribution in [2.45, 2.75) is 52.0 Å². The largest absolute Gasteiger partial charge is 0.342 e. The van der Waals surface area contributed by atoms with Gasteiger partial charge in [0.2, 0.25) is 11.8 Å². The van der Waals surface area contributed by atoms with E-state index in [1.807, 2.05) is 16.7 Å². The second-order valence-electron chi connectivity index (χ2n) is 6.61. The molecule has 0 aromatic carbocycles. The lowest BCUT2D eigenvalue weighted by Gasteiger charge is -2.35. The molecule has 2 heterocycles. The van der Waals surface area contributed by atoms with Crippen molar-refractivity contribution in [3.05, 3.63) is 0 Å². The van der Waals surface area contributed by atoms with Gasteiger partial charge in [0.05, 0.1) is 5.92 Å². The van der Waals surface area contributed by atoms with Gasteiger partial charge in [-0.15, -0.1) is 0 Å². The number of piperidine rings is 1. The number of hydrogen-bond donors (Lipinski definition) is 1. The summed E-state index contributed by atoms with van der Waals surface area (Å²) in [6.45, 7) is 6.98. The normalized spacial score (nSPS) is 29.8. The third-order valence-electron chi connectivity index (χ3n) is 4.87. The monoisotopic (exact) mass is 295 g/mol. The van der Waals surface area contributed by atoms with E-state index < -0.39 is 0 Å². The lowest BCUT2D eigenvalue weighted by atomic mass is 9.96. The Morgan fingerprint density at radius 3 is 2.67 bits per heavy atom. The fourth-order valence-corrected chi connectivity index (χ4v) is 3.63. The molecule has 2 aliphatic rings. The quantitative estimate of drug-likeness (QED) is 0.848. The Bertz CT molecular complexity index is 386. The molecule has 2 amide bonds. The van der Waals surface area contributed by atoms with E-state index in [9.17, 15) is 9.59 Å². The van der Waals surface area contributed by atoms with Gasteiger partial charge in [0.15, 0.2) is 0 Å². The molecule has 5 nitrogen and oxygen atoms in total. The standard InChI is InChI=1S/C16H29N3O2/c1-3-5-15(20)18-7-4-6-14(11-18)16(21)19-10-13(9-17)8-12(19)2/h12-14H,3-11,17H2,1-2H3. The van der Waals surface area contributed by atoms with E-state index in [1.54, 1.807) is 0 Å². The number of carbonyl (C=O) groups is 2. The van der Waals surface area contributed by atoms with Gasteiger partial charge < -0.3 is 15.5 Å². The number of likely N-dealkylation sites (tertiary alicyclic amines) is 2. The molecular weight excluding hydrogens is 266 g/mol. The van der Waals surface area contributed by atoms with Gasteiger partial charge in [0.25, 0.3) is 0 Å². The van der Waals surface area contributed by atoms with Crippen molar-refractivity contribution in [2.75, 3.05) is 26.2 Å². The highest BCUT2D eigenvalue weighted by Crippen LogP contribution is 2.27. The molecule has 5 heteroatoms. The SMILES string of the molecule is CCCC(=O)N1CCCC(C(=O)N2CC(CN)CC2C)C1. The first kappa shape index (κ1) is 16.3. The van der Waals surface area contributed by atoms with E-state index in [1.165, 1.54) is 0 Å². The predicted molar refractivity (Wildman–Crippen MR) is 82.5 cm³/mol. The van der Waals surface area contributed by atoms with Crippen LogP contribution in [0.1, 0.15) is 46.0 Å². The Hall–Kier alpha value is -1.10. The van der Waals surface area contributed by atoms with Gasteiger partial charge in [-0.05, 0) is 45.1 Å². The number of amides is 2. The Kier molecular flexibility index (Phi) is 5.62. The number of carbonyl (C=O) groups excluding carboxylic acids is 2. The van der Waals surface area contributed by atoms with Crippen molar-refractivity contribution in [1.82, 2.24) is 9.80 Å². The van der Waals surface area contributed by atoms with Crippen LogP contribution in [0.3, 0.4) is 0 Å². The second kappa shape index (κ2) is 7.25. The molecule has 0 spiro atoms. The zero-order valence-electron chi connectivity index (χ0n) is 13.4. The molecule has 0 saturated carbocycles. The Balaban J connectivity index is 1.94. The van der Waals surface area contributed by atoms with Crippen LogP contribution in [0, 0.1) is 11.8 Å². The third kappa shape index (κ3) is 3.76.